The minimum absolute atomic E-state index is 0.0685. The lowest BCUT2D eigenvalue weighted by Crippen LogP contribution is -2.31. The summed E-state index contributed by atoms with van der Waals surface area (Å²) >= 11 is 0. The second kappa shape index (κ2) is 4.12. The third-order valence-corrected chi connectivity index (χ3v) is 3.54. The minimum Gasteiger partial charge on any atom is -0.382 e. The van der Waals surface area contributed by atoms with E-state index >= 15 is 0 Å². The van der Waals surface area contributed by atoms with E-state index in [1.807, 2.05) is 18.2 Å². The van der Waals surface area contributed by atoms with Gasteiger partial charge < -0.3 is 5.11 Å². The highest BCUT2D eigenvalue weighted by molar-refractivity contribution is 6.22. The fraction of sp³-hybridized carbons (Fsp3) is 0.176. The van der Waals surface area contributed by atoms with Gasteiger partial charge >= 0.3 is 0 Å². The van der Waals surface area contributed by atoms with E-state index in [4.69, 9.17) is 0 Å². The highest BCUT2D eigenvalue weighted by Gasteiger charge is 2.30. The minimum atomic E-state index is -1.44. The third kappa shape index (κ3) is 1.79. The van der Waals surface area contributed by atoms with Gasteiger partial charge in [-0.15, -0.1) is 0 Å². The Balaban J connectivity index is 2.14. The summed E-state index contributed by atoms with van der Waals surface area (Å²) in [6, 6.07) is 12.4. The molecule has 1 aliphatic rings. The first kappa shape index (κ1) is 12.8. The molecular formula is C17H14O3. The maximum absolute atomic E-state index is 12.3. The van der Waals surface area contributed by atoms with E-state index in [-0.39, 0.29) is 11.6 Å². The molecule has 20 heavy (non-hydrogen) atoms. The van der Waals surface area contributed by atoms with Gasteiger partial charge in [0, 0.05) is 16.7 Å². The molecule has 1 N–H and O–H groups in total. The van der Waals surface area contributed by atoms with E-state index in [1.165, 1.54) is 13.8 Å². The summed E-state index contributed by atoms with van der Waals surface area (Å²) in [6.07, 6.45) is 0. The Morgan fingerprint density at radius 3 is 2.20 bits per heavy atom. The zero-order valence-corrected chi connectivity index (χ0v) is 11.3. The molecule has 1 aliphatic carbocycles. The Morgan fingerprint density at radius 2 is 1.55 bits per heavy atom. The number of aliphatic hydroxyl groups is 1. The Morgan fingerprint density at radius 1 is 0.950 bits per heavy atom. The molecule has 0 aromatic heterocycles. The van der Waals surface area contributed by atoms with Crippen LogP contribution in [0.15, 0.2) is 42.5 Å². The number of rotatable bonds is 2. The van der Waals surface area contributed by atoms with Gasteiger partial charge in [-0.1, -0.05) is 36.4 Å². The summed E-state index contributed by atoms with van der Waals surface area (Å²) in [4.78, 5) is 24.4. The lowest BCUT2D eigenvalue weighted by Gasteiger charge is -2.15. The third-order valence-electron chi connectivity index (χ3n) is 3.54. The maximum Gasteiger partial charge on any atom is 0.194 e. The molecule has 2 aromatic carbocycles. The van der Waals surface area contributed by atoms with Crippen LogP contribution in [0.3, 0.4) is 0 Å². The van der Waals surface area contributed by atoms with E-state index in [0.29, 0.717) is 16.7 Å². The molecule has 2 aromatic rings. The molecule has 100 valence electrons. The Labute approximate surface area is 116 Å². The highest BCUT2D eigenvalue weighted by atomic mass is 16.3. The molecule has 3 nitrogen and oxygen atoms in total. The first-order valence-corrected chi connectivity index (χ1v) is 6.45. The number of carbonyl (C=O) groups is 2. The molecule has 0 fully saturated rings. The number of benzene rings is 2. The van der Waals surface area contributed by atoms with Crippen molar-refractivity contribution >= 4 is 11.6 Å². The number of ketones is 2. The van der Waals surface area contributed by atoms with Gasteiger partial charge in [0.1, 0.15) is 5.60 Å². The van der Waals surface area contributed by atoms with Crippen LogP contribution in [0.1, 0.15) is 40.1 Å². The molecule has 3 heteroatoms. The number of carbonyl (C=O) groups excluding carboxylic acids is 2. The van der Waals surface area contributed by atoms with E-state index in [9.17, 15) is 14.7 Å². The Bertz CT molecular complexity index is 736. The number of fused-ring (bicyclic) bond motifs is 3. The average Bonchev–Trinajstić information content (AvgIpc) is 2.71. The first-order valence-electron chi connectivity index (χ1n) is 6.45. The molecule has 3 rings (SSSR count). The second-order valence-electron chi connectivity index (χ2n) is 5.52. The molecule has 0 unspecified atom stereocenters. The van der Waals surface area contributed by atoms with Gasteiger partial charge in [-0.25, -0.2) is 0 Å². The second-order valence-corrected chi connectivity index (χ2v) is 5.52. The van der Waals surface area contributed by atoms with Crippen LogP contribution < -0.4 is 0 Å². The molecule has 0 saturated heterocycles. The van der Waals surface area contributed by atoms with E-state index in [1.54, 1.807) is 24.3 Å². The molecule has 0 radical (unpaired) electrons. The van der Waals surface area contributed by atoms with Crippen molar-refractivity contribution in [1.82, 2.24) is 0 Å². The van der Waals surface area contributed by atoms with Crippen LogP contribution in [0.4, 0.5) is 0 Å². The van der Waals surface area contributed by atoms with Gasteiger partial charge in [-0.05, 0) is 31.0 Å². The molecular weight excluding hydrogens is 252 g/mol. The predicted molar refractivity (Wildman–Crippen MR) is 75.9 cm³/mol. The van der Waals surface area contributed by atoms with Crippen molar-refractivity contribution in [2.75, 3.05) is 0 Å². The number of hydrogen-bond acceptors (Lipinski definition) is 3. The van der Waals surface area contributed by atoms with Crippen LogP contribution in [0.2, 0.25) is 0 Å². The van der Waals surface area contributed by atoms with Crippen LogP contribution >= 0.6 is 0 Å². The van der Waals surface area contributed by atoms with Crippen molar-refractivity contribution in [3.05, 3.63) is 59.2 Å². The van der Waals surface area contributed by atoms with Crippen molar-refractivity contribution in [2.45, 2.75) is 19.4 Å². The van der Waals surface area contributed by atoms with Crippen LogP contribution in [-0.4, -0.2) is 22.3 Å². The summed E-state index contributed by atoms with van der Waals surface area (Å²) in [5.41, 5.74) is 1.85. The molecule has 0 atom stereocenters. The summed E-state index contributed by atoms with van der Waals surface area (Å²) in [5, 5.41) is 9.79. The van der Waals surface area contributed by atoms with Crippen molar-refractivity contribution in [3.8, 4) is 11.1 Å². The highest BCUT2D eigenvalue weighted by Crippen LogP contribution is 2.37. The van der Waals surface area contributed by atoms with Crippen LogP contribution in [0, 0.1) is 0 Å². The van der Waals surface area contributed by atoms with Crippen molar-refractivity contribution in [2.24, 2.45) is 0 Å². The summed E-state index contributed by atoms with van der Waals surface area (Å²) < 4.78 is 0. The zero-order chi connectivity index (χ0) is 14.5. The summed E-state index contributed by atoms with van der Waals surface area (Å²) in [7, 11) is 0. The van der Waals surface area contributed by atoms with Gasteiger partial charge in [0.2, 0.25) is 0 Å². The van der Waals surface area contributed by atoms with Crippen molar-refractivity contribution < 1.29 is 14.7 Å². The van der Waals surface area contributed by atoms with Crippen molar-refractivity contribution in [1.29, 1.82) is 0 Å². The van der Waals surface area contributed by atoms with Gasteiger partial charge in [-0.3, -0.25) is 9.59 Å². The largest absolute Gasteiger partial charge is 0.382 e. The topological polar surface area (TPSA) is 54.4 Å². The monoisotopic (exact) mass is 266 g/mol. The van der Waals surface area contributed by atoms with Crippen LogP contribution in [0.25, 0.3) is 11.1 Å². The molecule has 0 bridgehead atoms. The Hall–Kier alpha value is -2.26. The maximum atomic E-state index is 12.3. The standard InChI is InChI=1S/C17H14O3/c1-17(2,20)16(19)10-7-8-12-11-5-3-4-6-13(11)15(18)14(12)9-10/h3-9,20H,1-2H3. The fourth-order valence-electron chi connectivity index (χ4n) is 2.52. The number of Topliss-reactive ketones (excluding diaryl/α,β-unsaturated/α-hetero) is 1. The quantitative estimate of drug-likeness (QED) is 0.726. The average molecular weight is 266 g/mol. The molecule has 0 heterocycles. The fourth-order valence-corrected chi connectivity index (χ4v) is 2.52. The molecule has 0 aliphatic heterocycles. The lowest BCUT2D eigenvalue weighted by atomic mass is 9.94. The Kier molecular flexibility index (Phi) is 2.63. The molecule has 0 spiro atoms. The lowest BCUT2D eigenvalue weighted by molar-refractivity contribution is 0.0488. The van der Waals surface area contributed by atoms with E-state index in [2.05, 4.69) is 0 Å². The van der Waals surface area contributed by atoms with Crippen molar-refractivity contribution in [3.63, 3.8) is 0 Å². The normalized spacial score (nSPS) is 13.1. The predicted octanol–water partition coefficient (Wildman–Crippen LogP) is 2.85. The first-order chi connectivity index (χ1) is 9.39. The smallest absolute Gasteiger partial charge is 0.194 e. The van der Waals surface area contributed by atoms with Gasteiger partial charge in [0.05, 0.1) is 0 Å². The van der Waals surface area contributed by atoms with Gasteiger partial charge in [0.25, 0.3) is 0 Å². The summed E-state index contributed by atoms with van der Waals surface area (Å²) in [5.74, 6) is -0.454. The van der Waals surface area contributed by atoms with E-state index in [0.717, 1.165) is 11.1 Å². The molecule has 0 saturated carbocycles. The zero-order valence-electron chi connectivity index (χ0n) is 11.3. The number of hydrogen-bond donors (Lipinski definition) is 1. The SMILES string of the molecule is CC(C)(O)C(=O)c1ccc2c(c1)C(=O)c1ccccc1-2. The van der Waals surface area contributed by atoms with Crippen LogP contribution in [0.5, 0.6) is 0 Å². The summed E-state index contributed by atoms with van der Waals surface area (Å²) in [6.45, 7) is 2.89. The van der Waals surface area contributed by atoms with Crippen LogP contribution in [-0.2, 0) is 0 Å². The van der Waals surface area contributed by atoms with Gasteiger partial charge in [-0.2, -0.15) is 0 Å². The van der Waals surface area contributed by atoms with Gasteiger partial charge in [0.15, 0.2) is 11.6 Å². The van der Waals surface area contributed by atoms with E-state index < -0.39 is 5.60 Å². The molecule has 0 amide bonds.